The molecule has 1 aromatic carbocycles. The number of hydrogen-bond acceptors (Lipinski definition) is 3. The number of nitrogens with one attached hydrogen (secondary N) is 1. The van der Waals surface area contributed by atoms with Gasteiger partial charge in [0.1, 0.15) is 5.75 Å². The first-order chi connectivity index (χ1) is 9.71. The first-order valence-electron chi connectivity index (χ1n) is 7.23. The molecule has 1 aromatic rings. The highest BCUT2D eigenvalue weighted by Crippen LogP contribution is 2.37. The molecule has 1 atom stereocenters. The van der Waals surface area contributed by atoms with Crippen molar-refractivity contribution in [2.24, 2.45) is 5.92 Å². The van der Waals surface area contributed by atoms with Gasteiger partial charge < -0.3 is 15.0 Å². The Kier molecular flexibility index (Phi) is 4.92. The average Bonchev–Trinajstić information content (AvgIpc) is 3.29. The van der Waals surface area contributed by atoms with Gasteiger partial charge in [-0.2, -0.15) is 0 Å². The molecule has 0 spiro atoms. The second kappa shape index (κ2) is 6.67. The van der Waals surface area contributed by atoms with Gasteiger partial charge in [0, 0.05) is 23.8 Å². The standard InChI is InChI=1S/C17H24N2O/c1-5-11-19(12-14-9-10-14)15-7-6-8-16(20-4)17(15)13(2)18-3/h1,6-8,13-14,18H,9-12H2,2-4H3. The summed E-state index contributed by atoms with van der Waals surface area (Å²) in [6.45, 7) is 3.83. The summed E-state index contributed by atoms with van der Waals surface area (Å²) < 4.78 is 5.54. The van der Waals surface area contributed by atoms with E-state index in [0.717, 1.165) is 18.2 Å². The van der Waals surface area contributed by atoms with Gasteiger partial charge in [-0.25, -0.2) is 0 Å². The van der Waals surface area contributed by atoms with Crippen molar-refractivity contribution in [1.29, 1.82) is 0 Å². The number of rotatable bonds is 7. The molecule has 108 valence electrons. The van der Waals surface area contributed by atoms with Crippen molar-refractivity contribution in [3.8, 4) is 18.1 Å². The van der Waals surface area contributed by atoms with Crippen LogP contribution in [0.15, 0.2) is 18.2 Å². The number of nitrogens with zero attached hydrogens (tertiary/aromatic N) is 1. The van der Waals surface area contributed by atoms with Crippen LogP contribution in [0.4, 0.5) is 5.69 Å². The summed E-state index contributed by atoms with van der Waals surface area (Å²) >= 11 is 0. The zero-order valence-corrected chi connectivity index (χ0v) is 12.6. The Balaban J connectivity index is 2.38. The van der Waals surface area contributed by atoms with E-state index in [9.17, 15) is 0 Å². The molecule has 1 aliphatic carbocycles. The molecule has 0 bridgehead atoms. The molecule has 0 aliphatic heterocycles. The SMILES string of the molecule is C#CCN(CC1CC1)c1cccc(OC)c1C(C)NC. The van der Waals surface area contributed by atoms with E-state index in [1.807, 2.05) is 19.2 Å². The van der Waals surface area contributed by atoms with Crippen LogP contribution in [0.1, 0.15) is 31.4 Å². The number of hydrogen-bond donors (Lipinski definition) is 1. The van der Waals surface area contributed by atoms with E-state index < -0.39 is 0 Å². The predicted molar refractivity (Wildman–Crippen MR) is 84.2 cm³/mol. The van der Waals surface area contributed by atoms with Crippen molar-refractivity contribution < 1.29 is 4.74 Å². The van der Waals surface area contributed by atoms with Crippen LogP contribution in [-0.2, 0) is 0 Å². The van der Waals surface area contributed by atoms with Crippen LogP contribution in [0.2, 0.25) is 0 Å². The van der Waals surface area contributed by atoms with Crippen LogP contribution in [0.25, 0.3) is 0 Å². The molecule has 0 saturated heterocycles. The van der Waals surface area contributed by atoms with Crippen molar-refractivity contribution in [2.45, 2.75) is 25.8 Å². The summed E-state index contributed by atoms with van der Waals surface area (Å²) in [7, 11) is 3.69. The third kappa shape index (κ3) is 3.26. The Morgan fingerprint density at radius 3 is 2.80 bits per heavy atom. The molecule has 3 nitrogen and oxygen atoms in total. The third-order valence-corrected chi connectivity index (χ3v) is 3.93. The highest BCUT2D eigenvalue weighted by atomic mass is 16.5. The fourth-order valence-electron chi connectivity index (χ4n) is 2.54. The molecule has 1 N–H and O–H groups in total. The molecule has 1 aliphatic rings. The lowest BCUT2D eigenvalue weighted by atomic mass is 10.0. The molecule has 0 radical (unpaired) electrons. The van der Waals surface area contributed by atoms with Gasteiger partial charge in [-0.05, 0) is 44.9 Å². The van der Waals surface area contributed by atoms with Gasteiger partial charge in [-0.15, -0.1) is 6.42 Å². The van der Waals surface area contributed by atoms with E-state index in [4.69, 9.17) is 11.2 Å². The lowest BCUT2D eigenvalue weighted by molar-refractivity contribution is 0.404. The molecule has 20 heavy (non-hydrogen) atoms. The van der Waals surface area contributed by atoms with Crippen LogP contribution in [-0.4, -0.2) is 27.2 Å². The average molecular weight is 272 g/mol. The third-order valence-electron chi connectivity index (χ3n) is 3.93. The van der Waals surface area contributed by atoms with Gasteiger partial charge in [0.2, 0.25) is 0 Å². The Labute approximate surface area is 122 Å². The number of anilines is 1. The summed E-state index contributed by atoms with van der Waals surface area (Å²) in [5.41, 5.74) is 2.38. The fraction of sp³-hybridized carbons (Fsp3) is 0.529. The number of ether oxygens (including phenoxy) is 1. The van der Waals surface area contributed by atoms with Crippen molar-refractivity contribution in [1.82, 2.24) is 5.32 Å². The van der Waals surface area contributed by atoms with Crippen molar-refractivity contribution in [3.63, 3.8) is 0 Å². The summed E-state index contributed by atoms with van der Waals surface area (Å²) in [5, 5.41) is 3.30. The van der Waals surface area contributed by atoms with Crippen LogP contribution in [0, 0.1) is 18.3 Å². The molecule has 0 amide bonds. The number of terminal acetylenes is 1. The van der Waals surface area contributed by atoms with Crippen molar-refractivity contribution in [2.75, 3.05) is 32.1 Å². The highest BCUT2D eigenvalue weighted by Gasteiger charge is 2.26. The fourth-order valence-corrected chi connectivity index (χ4v) is 2.54. The van der Waals surface area contributed by atoms with Gasteiger partial charge in [0.15, 0.2) is 0 Å². The molecule has 0 aromatic heterocycles. The molecular formula is C17H24N2O. The molecule has 1 fully saturated rings. The van der Waals surface area contributed by atoms with Gasteiger partial charge in [-0.3, -0.25) is 0 Å². The second-order valence-corrected chi connectivity index (χ2v) is 5.43. The van der Waals surface area contributed by atoms with E-state index in [0.29, 0.717) is 6.54 Å². The maximum Gasteiger partial charge on any atom is 0.125 e. The van der Waals surface area contributed by atoms with Gasteiger partial charge in [-0.1, -0.05) is 12.0 Å². The molecule has 2 rings (SSSR count). The summed E-state index contributed by atoms with van der Waals surface area (Å²) in [5.74, 6) is 4.50. The lowest BCUT2D eigenvalue weighted by Crippen LogP contribution is -2.28. The summed E-state index contributed by atoms with van der Waals surface area (Å²) in [6, 6.07) is 6.42. The predicted octanol–water partition coefficient (Wildman–Crippen LogP) is 2.83. The van der Waals surface area contributed by atoms with Crippen molar-refractivity contribution in [3.05, 3.63) is 23.8 Å². The minimum atomic E-state index is 0.223. The maximum absolute atomic E-state index is 5.55. The van der Waals surface area contributed by atoms with Gasteiger partial charge >= 0.3 is 0 Å². The van der Waals surface area contributed by atoms with E-state index in [2.05, 4.69) is 29.1 Å². The maximum atomic E-state index is 5.55. The Hall–Kier alpha value is -1.66. The molecule has 3 heteroatoms. The molecule has 0 heterocycles. The van der Waals surface area contributed by atoms with Crippen LogP contribution >= 0.6 is 0 Å². The number of benzene rings is 1. The van der Waals surface area contributed by atoms with E-state index >= 15 is 0 Å². The highest BCUT2D eigenvalue weighted by molar-refractivity contribution is 5.61. The largest absolute Gasteiger partial charge is 0.496 e. The minimum absolute atomic E-state index is 0.223. The van der Waals surface area contributed by atoms with E-state index in [1.54, 1.807) is 7.11 Å². The van der Waals surface area contributed by atoms with Crippen LogP contribution in [0.5, 0.6) is 5.75 Å². The normalized spacial score (nSPS) is 15.5. The molecule has 1 saturated carbocycles. The minimum Gasteiger partial charge on any atom is -0.496 e. The number of methoxy groups -OCH3 is 1. The Morgan fingerprint density at radius 2 is 2.25 bits per heavy atom. The topological polar surface area (TPSA) is 24.5 Å². The van der Waals surface area contributed by atoms with E-state index in [-0.39, 0.29) is 6.04 Å². The van der Waals surface area contributed by atoms with Gasteiger partial charge in [0.25, 0.3) is 0 Å². The van der Waals surface area contributed by atoms with Crippen molar-refractivity contribution >= 4 is 5.69 Å². The zero-order valence-electron chi connectivity index (χ0n) is 12.6. The quantitative estimate of drug-likeness (QED) is 0.773. The zero-order chi connectivity index (χ0) is 14.5. The molecular weight excluding hydrogens is 248 g/mol. The van der Waals surface area contributed by atoms with Gasteiger partial charge in [0.05, 0.1) is 13.7 Å². The van der Waals surface area contributed by atoms with Crippen LogP contribution in [0.3, 0.4) is 0 Å². The molecule has 1 unspecified atom stereocenters. The first kappa shape index (κ1) is 14.7. The lowest BCUT2D eigenvalue weighted by Gasteiger charge is -2.28. The van der Waals surface area contributed by atoms with E-state index in [1.165, 1.54) is 24.1 Å². The second-order valence-electron chi connectivity index (χ2n) is 5.43. The Morgan fingerprint density at radius 1 is 1.50 bits per heavy atom. The summed E-state index contributed by atoms with van der Waals surface area (Å²) in [6.07, 6.45) is 8.20. The summed E-state index contributed by atoms with van der Waals surface area (Å²) in [4.78, 5) is 2.31. The Bertz CT molecular complexity index is 488. The smallest absolute Gasteiger partial charge is 0.125 e. The van der Waals surface area contributed by atoms with Crippen LogP contribution < -0.4 is 15.0 Å². The first-order valence-corrected chi connectivity index (χ1v) is 7.23. The monoisotopic (exact) mass is 272 g/mol.